The lowest BCUT2D eigenvalue weighted by Crippen LogP contribution is -2.60. The molecule has 1 aliphatic carbocycles. The van der Waals surface area contributed by atoms with E-state index in [-0.39, 0.29) is 12.1 Å². The van der Waals surface area contributed by atoms with Gasteiger partial charge >= 0.3 is 0 Å². The minimum Gasteiger partial charge on any atom is -0.310 e. The van der Waals surface area contributed by atoms with Crippen LogP contribution < -0.4 is 16.4 Å². The van der Waals surface area contributed by atoms with Gasteiger partial charge in [0, 0.05) is 43.8 Å². The van der Waals surface area contributed by atoms with Gasteiger partial charge < -0.3 is 9.13 Å². The Morgan fingerprint density at radius 2 is 0.939 bits per heavy atom. The molecule has 3 heteroatoms. The van der Waals surface area contributed by atoms with Gasteiger partial charge in [-0.3, -0.25) is 0 Å². The van der Waals surface area contributed by atoms with Crippen molar-refractivity contribution in [2.45, 2.75) is 31.6 Å². The number of nitrogens with zero attached hydrogens (tertiary/aromatic N) is 2. The first-order valence-electron chi connectivity index (χ1n) is 23.5. The van der Waals surface area contributed by atoms with Crippen LogP contribution in [0, 0.1) is 0 Å². The molecule has 0 unspecified atom stereocenters. The molecule has 0 bridgehead atoms. The van der Waals surface area contributed by atoms with Gasteiger partial charge in [-0.2, -0.15) is 0 Å². The first kappa shape index (κ1) is 35.5. The normalized spacial score (nSPS) is 14.4. The molecule has 16 rings (SSSR count). The lowest BCUT2D eigenvalue weighted by atomic mass is 9.33. The number of fused-ring (bicyclic) bond motifs is 15. The molecule has 0 N–H and O–H groups in total. The van der Waals surface area contributed by atoms with Gasteiger partial charge in [0.1, 0.15) is 0 Å². The van der Waals surface area contributed by atoms with Crippen LogP contribution in [0.25, 0.3) is 99.1 Å². The van der Waals surface area contributed by atoms with Gasteiger partial charge in [0.25, 0.3) is 6.71 Å². The van der Waals surface area contributed by atoms with Crippen LogP contribution in [-0.2, 0) is 10.8 Å². The summed E-state index contributed by atoms with van der Waals surface area (Å²) in [5.74, 6) is 0. The summed E-state index contributed by atoms with van der Waals surface area (Å²) >= 11 is 0. The fourth-order valence-corrected chi connectivity index (χ4v) is 13.6. The number of hydrogen-bond acceptors (Lipinski definition) is 0. The molecule has 2 aromatic heterocycles. The van der Waals surface area contributed by atoms with Gasteiger partial charge in [-0.25, -0.2) is 0 Å². The van der Waals surface area contributed by atoms with E-state index in [9.17, 15) is 0 Å². The third-order valence-electron chi connectivity index (χ3n) is 16.2. The molecular formula is C63H41BN2. The maximum Gasteiger partial charge on any atom is 0.252 e. The summed E-state index contributed by atoms with van der Waals surface area (Å²) in [6.45, 7) is 6.88. The highest BCUT2D eigenvalue weighted by molar-refractivity contribution is 7.00. The van der Waals surface area contributed by atoms with Gasteiger partial charge in [0.15, 0.2) is 0 Å². The molecule has 0 radical (unpaired) electrons. The molecule has 66 heavy (non-hydrogen) atoms. The fraction of sp³-hybridized carbons (Fsp3) is 0.0794. The highest BCUT2D eigenvalue weighted by Crippen LogP contribution is 2.62. The Bertz CT molecular complexity index is 4160. The number of benzene rings is 10. The van der Waals surface area contributed by atoms with Crippen LogP contribution >= 0.6 is 0 Å². The van der Waals surface area contributed by atoms with Crippen molar-refractivity contribution in [2.24, 2.45) is 0 Å². The predicted octanol–water partition coefficient (Wildman–Crippen LogP) is 13.5. The van der Waals surface area contributed by atoms with Crippen LogP contribution in [0.1, 0.15) is 48.6 Å². The average Bonchev–Trinajstić information content (AvgIpc) is 3.99. The molecule has 3 aliphatic heterocycles. The SMILES string of the molecule is CC(C)(C)c1ccc(-c2ccc3cc(-c4cc5c6c7c4-n4c8ccccc8c8cccc(c84)B7c4cccc7c8cccc(c8n-6c47)C54c5ccccc5-c5ccccc54)ccc3c2)cc1. The standard InChI is InChI=1S/C63H41BN2/c1-62(2,3)41-31-29-36(30-32-41)37-25-26-39-34-40(28-27-38(39)33-37)48-35-52-61-56-60(48)65-55-24-9-6-15-44(55)45-17-11-22-53(58(45)65)64(56)54-23-12-18-47-46-16-10-21-51(57(46)66(61)59(47)54)63(52)49-19-7-4-13-42(49)43-14-5-8-20-50(43)63/h4-35H,1-3H3. The van der Waals surface area contributed by atoms with Crippen LogP contribution in [0.3, 0.4) is 0 Å². The Kier molecular flexibility index (Phi) is 6.38. The Morgan fingerprint density at radius 3 is 1.65 bits per heavy atom. The fourth-order valence-electron chi connectivity index (χ4n) is 13.6. The second-order valence-corrected chi connectivity index (χ2v) is 20.3. The van der Waals surface area contributed by atoms with Crippen molar-refractivity contribution in [2.75, 3.05) is 0 Å². The van der Waals surface area contributed by atoms with E-state index in [0.717, 1.165) is 0 Å². The average molecular weight is 837 g/mol. The number of aromatic nitrogens is 2. The third kappa shape index (κ3) is 4.05. The van der Waals surface area contributed by atoms with Crippen molar-refractivity contribution in [1.29, 1.82) is 0 Å². The zero-order valence-corrected chi connectivity index (χ0v) is 36.9. The van der Waals surface area contributed by atoms with Crippen LogP contribution in [0.4, 0.5) is 0 Å². The molecular weight excluding hydrogens is 796 g/mol. The topological polar surface area (TPSA) is 9.86 Å². The van der Waals surface area contributed by atoms with Gasteiger partial charge in [-0.05, 0) is 112 Å². The van der Waals surface area contributed by atoms with Crippen molar-refractivity contribution in [3.8, 4) is 44.8 Å². The first-order valence-corrected chi connectivity index (χ1v) is 23.5. The number of hydrogen-bond donors (Lipinski definition) is 0. The maximum atomic E-state index is 2.71. The minimum absolute atomic E-state index is 0.0351. The summed E-state index contributed by atoms with van der Waals surface area (Å²) in [5, 5.41) is 7.76. The summed E-state index contributed by atoms with van der Waals surface area (Å²) in [5.41, 5.74) is 26.1. The van der Waals surface area contributed by atoms with Gasteiger partial charge in [-0.15, -0.1) is 0 Å². The molecule has 0 saturated heterocycles. The molecule has 10 aromatic carbocycles. The van der Waals surface area contributed by atoms with Gasteiger partial charge in [0.2, 0.25) is 0 Å². The zero-order chi connectivity index (χ0) is 43.4. The Morgan fingerprint density at radius 1 is 0.394 bits per heavy atom. The van der Waals surface area contributed by atoms with Crippen LogP contribution in [0.5, 0.6) is 0 Å². The molecule has 5 heterocycles. The summed E-state index contributed by atoms with van der Waals surface area (Å²) in [4.78, 5) is 0. The smallest absolute Gasteiger partial charge is 0.252 e. The maximum absolute atomic E-state index is 2.71. The van der Waals surface area contributed by atoms with E-state index in [1.165, 1.54) is 143 Å². The highest BCUT2D eigenvalue weighted by atomic mass is 15.1. The monoisotopic (exact) mass is 836 g/mol. The summed E-state index contributed by atoms with van der Waals surface area (Å²) in [6, 6.07) is 75.0. The van der Waals surface area contributed by atoms with Crippen LogP contribution in [-0.4, -0.2) is 15.8 Å². The molecule has 4 aliphatic rings. The Hall–Kier alpha value is -7.88. The van der Waals surface area contributed by atoms with E-state index in [2.05, 4.69) is 224 Å². The van der Waals surface area contributed by atoms with E-state index in [4.69, 9.17) is 0 Å². The molecule has 1 spiro atoms. The van der Waals surface area contributed by atoms with Crippen molar-refractivity contribution >= 4 is 77.5 Å². The zero-order valence-electron chi connectivity index (χ0n) is 36.9. The molecule has 0 fully saturated rings. The van der Waals surface area contributed by atoms with E-state index in [1.807, 2.05) is 0 Å². The molecule has 0 amide bonds. The second kappa shape index (κ2) is 11.9. The molecule has 12 aromatic rings. The van der Waals surface area contributed by atoms with Gasteiger partial charge in [0.05, 0.1) is 22.1 Å². The van der Waals surface area contributed by atoms with Crippen LogP contribution in [0.2, 0.25) is 0 Å². The Labute approximate surface area is 383 Å². The van der Waals surface area contributed by atoms with Gasteiger partial charge in [-0.1, -0.05) is 191 Å². The molecule has 0 atom stereocenters. The quantitative estimate of drug-likeness (QED) is 0.154. The molecule has 0 saturated carbocycles. The first-order chi connectivity index (χ1) is 32.4. The van der Waals surface area contributed by atoms with Crippen LogP contribution in [0.15, 0.2) is 194 Å². The number of para-hydroxylation sites is 4. The largest absolute Gasteiger partial charge is 0.310 e. The van der Waals surface area contributed by atoms with Crippen molar-refractivity contribution < 1.29 is 0 Å². The van der Waals surface area contributed by atoms with E-state index >= 15 is 0 Å². The third-order valence-corrected chi connectivity index (χ3v) is 16.2. The summed E-state index contributed by atoms with van der Waals surface area (Å²) in [6.07, 6.45) is 0. The number of rotatable bonds is 2. The van der Waals surface area contributed by atoms with E-state index < -0.39 is 5.41 Å². The highest BCUT2D eigenvalue weighted by Gasteiger charge is 2.54. The summed E-state index contributed by atoms with van der Waals surface area (Å²) < 4.78 is 5.37. The van der Waals surface area contributed by atoms with Crippen molar-refractivity contribution in [3.63, 3.8) is 0 Å². The lowest BCUT2D eigenvalue weighted by molar-refractivity contribution is 0.590. The minimum atomic E-state index is -0.544. The predicted molar refractivity (Wildman–Crippen MR) is 278 cm³/mol. The van der Waals surface area contributed by atoms with E-state index in [1.54, 1.807) is 0 Å². The molecule has 2 nitrogen and oxygen atoms in total. The molecule has 306 valence electrons. The lowest BCUT2D eigenvalue weighted by Gasteiger charge is -2.44. The van der Waals surface area contributed by atoms with E-state index in [0.29, 0.717) is 0 Å². The van der Waals surface area contributed by atoms with Crippen molar-refractivity contribution in [3.05, 3.63) is 222 Å². The summed E-state index contributed by atoms with van der Waals surface area (Å²) in [7, 11) is 0. The second-order valence-electron chi connectivity index (χ2n) is 20.3. The van der Waals surface area contributed by atoms with Crippen molar-refractivity contribution in [1.82, 2.24) is 9.13 Å². The Balaban J connectivity index is 1.07.